The average Bonchev–Trinajstić information content (AvgIpc) is 3.11. The molecule has 4 aromatic rings. The summed E-state index contributed by atoms with van der Waals surface area (Å²) in [5.74, 6) is -1.13. The summed E-state index contributed by atoms with van der Waals surface area (Å²) >= 11 is 0. The highest BCUT2D eigenvalue weighted by atomic mass is 19.4. The molecule has 0 aliphatic carbocycles. The Bertz CT molecular complexity index is 1250. The van der Waals surface area contributed by atoms with Gasteiger partial charge in [0.1, 0.15) is 0 Å². The molecule has 4 rings (SSSR count). The van der Waals surface area contributed by atoms with E-state index < -0.39 is 29.4 Å². The minimum Gasteiger partial charge on any atom is -0.408 e. The quantitative estimate of drug-likeness (QED) is 0.528. The standard InChI is InChI=1S/C21H14F3N3O3/c22-21(23,24)14-7-4-12(5-8-14)18(15-3-1-2-10-25-15)27-19(28)13-6-9-17-16(11-13)26-20(29)30-17/h1-11,18H,(H,26,29)(H,27,28). The SMILES string of the molecule is O=C(NC(c1ccc(C(F)(F)F)cc1)c1ccccn1)c1ccc2oc(=O)[nH]c2c1. The van der Waals surface area contributed by atoms with Gasteiger partial charge in [-0.25, -0.2) is 4.79 Å². The van der Waals surface area contributed by atoms with Gasteiger partial charge in [-0.2, -0.15) is 13.2 Å². The molecule has 2 heterocycles. The zero-order chi connectivity index (χ0) is 21.3. The molecule has 0 spiro atoms. The van der Waals surface area contributed by atoms with E-state index in [-0.39, 0.29) is 5.56 Å². The molecule has 1 unspecified atom stereocenters. The summed E-state index contributed by atoms with van der Waals surface area (Å²) in [5, 5.41) is 2.79. The van der Waals surface area contributed by atoms with E-state index >= 15 is 0 Å². The predicted octanol–water partition coefficient (Wildman–Crippen LogP) is 4.05. The maximum absolute atomic E-state index is 12.9. The molecule has 2 aromatic heterocycles. The fourth-order valence-electron chi connectivity index (χ4n) is 3.05. The first-order valence-corrected chi connectivity index (χ1v) is 8.83. The number of aromatic nitrogens is 2. The molecule has 0 bridgehead atoms. The van der Waals surface area contributed by atoms with Gasteiger partial charge in [-0.05, 0) is 48.0 Å². The Kier molecular flexibility index (Phi) is 4.86. The predicted molar refractivity (Wildman–Crippen MR) is 102 cm³/mol. The third kappa shape index (κ3) is 3.95. The van der Waals surface area contributed by atoms with Crippen LogP contribution >= 0.6 is 0 Å². The van der Waals surface area contributed by atoms with E-state index in [1.165, 1.54) is 36.5 Å². The maximum atomic E-state index is 12.9. The number of fused-ring (bicyclic) bond motifs is 1. The van der Waals surface area contributed by atoms with Gasteiger partial charge in [0.15, 0.2) is 5.58 Å². The lowest BCUT2D eigenvalue weighted by atomic mass is 10.0. The fourth-order valence-corrected chi connectivity index (χ4v) is 3.05. The third-order valence-electron chi connectivity index (χ3n) is 4.51. The minimum atomic E-state index is -4.46. The van der Waals surface area contributed by atoms with Crippen LogP contribution in [0.5, 0.6) is 0 Å². The van der Waals surface area contributed by atoms with Gasteiger partial charge >= 0.3 is 11.9 Å². The molecule has 0 aliphatic heterocycles. The average molecular weight is 413 g/mol. The maximum Gasteiger partial charge on any atom is 0.417 e. The van der Waals surface area contributed by atoms with Crippen LogP contribution in [0.2, 0.25) is 0 Å². The van der Waals surface area contributed by atoms with Gasteiger partial charge in [0.2, 0.25) is 0 Å². The van der Waals surface area contributed by atoms with Crippen LogP contribution in [0.15, 0.2) is 76.1 Å². The summed E-state index contributed by atoms with van der Waals surface area (Å²) in [7, 11) is 0. The number of oxazole rings is 1. The number of benzene rings is 2. The van der Waals surface area contributed by atoms with Crippen molar-refractivity contribution in [3.05, 3.63) is 99.8 Å². The van der Waals surface area contributed by atoms with Gasteiger partial charge in [0.05, 0.1) is 22.8 Å². The molecule has 0 aliphatic rings. The first kappa shape index (κ1) is 19.4. The van der Waals surface area contributed by atoms with Crippen molar-refractivity contribution in [1.82, 2.24) is 15.3 Å². The van der Waals surface area contributed by atoms with E-state index in [0.29, 0.717) is 22.4 Å². The third-order valence-corrected chi connectivity index (χ3v) is 4.51. The first-order chi connectivity index (χ1) is 14.3. The summed E-state index contributed by atoms with van der Waals surface area (Å²) in [6.45, 7) is 0. The van der Waals surface area contributed by atoms with Crippen molar-refractivity contribution < 1.29 is 22.4 Å². The number of pyridine rings is 1. The van der Waals surface area contributed by atoms with E-state index in [1.54, 1.807) is 18.2 Å². The monoisotopic (exact) mass is 413 g/mol. The summed E-state index contributed by atoms with van der Waals surface area (Å²) in [6, 6.07) is 13.2. The number of alkyl halides is 3. The second-order valence-corrected chi connectivity index (χ2v) is 6.51. The number of hydrogen-bond acceptors (Lipinski definition) is 4. The van der Waals surface area contributed by atoms with Crippen LogP contribution in [0.4, 0.5) is 13.2 Å². The molecule has 2 N–H and O–H groups in total. The van der Waals surface area contributed by atoms with Gasteiger partial charge in [0.25, 0.3) is 5.91 Å². The minimum absolute atomic E-state index is 0.243. The number of aromatic amines is 1. The topological polar surface area (TPSA) is 88.0 Å². The van der Waals surface area contributed by atoms with Crippen molar-refractivity contribution in [2.45, 2.75) is 12.2 Å². The van der Waals surface area contributed by atoms with E-state index in [0.717, 1.165) is 12.1 Å². The van der Waals surface area contributed by atoms with Crippen molar-refractivity contribution in [2.24, 2.45) is 0 Å². The van der Waals surface area contributed by atoms with Crippen molar-refractivity contribution in [1.29, 1.82) is 0 Å². The lowest BCUT2D eigenvalue weighted by Crippen LogP contribution is -2.30. The van der Waals surface area contributed by atoms with Crippen molar-refractivity contribution in [2.75, 3.05) is 0 Å². The number of nitrogens with one attached hydrogen (secondary N) is 2. The number of carbonyl (C=O) groups excluding carboxylic acids is 1. The first-order valence-electron chi connectivity index (χ1n) is 8.83. The largest absolute Gasteiger partial charge is 0.417 e. The Labute approximate surface area is 167 Å². The number of carbonyl (C=O) groups is 1. The Morgan fingerprint density at radius 3 is 2.50 bits per heavy atom. The Balaban J connectivity index is 1.67. The smallest absolute Gasteiger partial charge is 0.408 e. The van der Waals surface area contributed by atoms with Gasteiger partial charge in [-0.1, -0.05) is 18.2 Å². The Hall–Kier alpha value is -3.88. The number of halogens is 3. The number of amides is 1. The van der Waals surface area contributed by atoms with Crippen LogP contribution in [0.1, 0.15) is 33.2 Å². The molecule has 0 saturated heterocycles. The molecule has 0 saturated carbocycles. The second-order valence-electron chi connectivity index (χ2n) is 6.51. The molecular weight excluding hydrogens is 399 g/mol. The van der Waals surface area contributed by atoms with Crippen LogP contribution in [0.25, 0.3) is 11.1 Å². The highest BCUT2D eigenvalue weighted by Crippen LogP contribution is 2.31. The van der Waals surface area contributed by atoms with Gasteiger partial charge in [0, 0.05) is 11.8 Å². The molecule has 2 aromatic carbocycles. The summed E-state index contributed by atoms with van der Waals surface area (Å²) in [6.07, 6.45) is -2.93. The lowest BCUT2D eigenvalue weighted by Gasteiger charge is -2.19. The molecule has 1 atom stereocenters. The van der Waals surface area contributed by atoms with Crippen molar-refractivity contribution in [3.8, 4) is 0 Å². The Morgan fingerprint density at radius 1 is 1.07 bits per heavy atom. The van der Waals surface area contributed by atoms with Crippen LogP contribution in [-0.4, -0.2) is 15.9 Å². The molecule has 30 heavy (non-hydrogen) atoms. The molecular formula is C21H14F3N3O3. The van der Waals surface area contributed by atoms with E-state index in [4.69, 9.17) is 4.42 Å². The molecule has 0 fully saturated rings. The molecule has 6 nitrogen and oxygen atoms in total. The zero-order valence-corrected chi connectivity index (χ0v) is 15.2. The number of rotatable bonds is 4. The highest BCUT2D eigenvalue weighted by Gasteiger charge is 2.30. The van der Waals surface area contributed by atoms with E-state index in [9.17, 15) is 22.8 Å². The van der Waals surface area contributed by atoms with Crippen LogP contribution in [0, 0.1) is 0 Å². The second kappa shape index (κ2) is 7.51. The highest BCUT2D eigenvalue weighted by molar-refractivity contribution is 5.97. The van der Waals surface area contributed by atoms with Crippen molar-refractivity contribution >= 4 is 17.0 Å². The Morgan fingerprint density at radius 2 is 1.83 bits per heavy atom. The van der Waals surface area contributed by atoms with Crippen LogP contribution < -0.4 is 11.1 Å². The molecule has 9 heteroatoms. The lowest BCUT2D eigenvalue weighted by molar-refractivity contribution is -0.137. The molecule has 0 radical (unpaired) electrons. The van der Waals surface area contributed by atoms with Gasteiger partial charge in [-0.3, -0.25) is 14.8 Å². The molecule has 1 amide bonds. The fraction of sp³-hybridized carbons (Fsp3) is 0.0952. The normalized spacial score (nSPS) is 12.6. The summed E-state index contributed by atoms with van der Waals surface area (Å²) in [5.41, 5.74) is 1.02. The van der Waals surface area contributed by atoms with Crippen LogP contribution in [0.3, 0.4) is 0 Å². The number of hydrogen-bond donors (Lipinski definition) is 2. The van der Waals surface area contributed by atoms with Gasteiger partial charge in [-0.15, -0.1) is 0 Å². The van der Waals surface area contributed by atoms with E-state index in [1.807, 2.05) is 0 Å². The number of nitrogens with zero attached hydrogens (tertiary/aromatic N) is 1. The zero-order valence-electron chi connectivity index (χ0n) is 15.2. The van der Waals surface area contributed by atoms with Crippen LogP contribution in [-0.2, 0) is 6.18 Å². The summed E-state index contributed by atoms with van der Waals surface area (Å²) < 4.78 is 43.6. The summed E-state index contributed by atoms with van der Waals surface area (Å²) in [4.78, 5) is 30.8. The van der Waals surface area contributed by atoms with Gasteiger partial charge < -0.3 is 9.73 Å². The number of H-pyrrole nitrogens is 1. The van der Waals surface area contributed by atoms with E-state index in [2.05, 4.69) is 15.3 Å². The van der Waals surface area contributed by atoms with Crippen molar-refractivity contribution in [3.63, 3.8) is 0 Å². The molecule has 152 valence electrons.